The van der Waals surface area contributed by atoms with Crippen molar-refractivity contribution in [2.45, 2.75) is 63.8 Å². The molecule has 1 aromatic heterocycles. The first-order valence-corrected chi connectivity index (χ1v) is 8.07. The lowest BCUT2D eigenvalue weighted by atomic mass is 9.75. The van der Waals surface area contributed by atoms with Crippen LogP contribution in [0.2, 0.25) is 0 Å². The van der Waals surface area contributed by atoms with Crippen molar-refractivity contribution < 1.29 is 0 Å². The highest BCUT2D eigenvalue weighted by atomic mass is 14.9. The molecule has 1 aromatic rings. The highest BCUT2D eigenvalue weighted by Crippen LogP contribution is 2.43. The molecular formula is C17H26N2. The summed E-state index contributed by atoms with van der Waals surface area (Å²) in [6.07, 6.45) is 11.3. The minimum Gasteiger partial charge on any atom is -0.314 e. The van der Waals surface area contributed by atoms with E-state index in [0.29, 0.717) is 5.92 Å². The fourth-order valence-corrected chi connectivity index (χ4v) is 4.08. The van der Waals surface area contributed by atoms with Crippen molar-refractivity contribution in [1.29, 1.82) is 0 Å². The zero-order valence-electron chi connectivity index (χ0n) is 12.1. The van der Waals surface area contributed by atoms with Crippen LogP contribution in [0, 0.1) is 5.92 Å². The third-order valence-electron chi connectivity index (χ3n) is 4.99. The SMILES string of the molecule is CCCNC1CCCCC1C1CCc2cccnc21. The molecule has 1 fully saturated rings. The third-order valence-corrected chi connectivity index (χ3v) is 4.99. The maximum absolute atomic E-state index is 4.70. The molecule has 1 heterocycles. The van der Waals surface area contributed by atoms with Crippen molar-refractivity contribution in [1.82, 2.24) is 10.3 Å². The molecule has 1 saturated carbocycles. The number of aryl methyl sites for hydroxylation is 1. The number of rotatable bonds is 4. The number of nitrogens with one attached hydrogen (secondary N) is 1. The second-order valence-electron chi connectivity index (χ2n) is 6.20. The van der Waals surface area contributed by atoms with Crippen molar-refractivity contribution >= 4 is 0 Å². The Labute approximate surface area is 117 Å². The van der Waals surface area contributed by atoms with Crippen LogP contribution in [0.15, 0.2) is 18.3 Å². The van der Waals surface area contributed by atoms with Gasteiger partial charge in [0.05, 0.1) is 0 Å². The van der Waals surface area contributed by atoms with Crippen LogP contribution in [0.25, 0.3) is 0 Å². The fourth-order valence-electron chi connectivity index (χ4n) is 4.08. The Hall–Kier alpha value is -0.890. The van der Waals surface area contributed by atoms with Gasteiger partial charge in [-0.3, -0.25) is 4.98 Å². The van der Waals surface area contributed by atoms with Crippen LogP contribution >= 0.6 is 0 Å². The van der Waals surface area contributed by atoms with E-state index in [9.17, 15) is 0 Å². The Balaban J connectivity index is 1.76. The molecular weight excluding hydrogens is 232 g/mol. The Morgan fingerprint density at radius 2 is 2.16 bits per heavy atom. The summed E-state index contributed by atoms with van der Waals surface area (Å²) in [7, 11) is 0. The lowest BCUT2D eigenvalue weighted by Gasteiger charge is -2.36. The molecule has 104 valence electrons. The van der Waals surface area contributed by atoms with Crippen LogP contribution in [0.1, 0.15) is 62.6 Å². The average Bonchev–Trinajstić information content (AvgIpc) is 2.89. The average molecular weight is 258 g/mol. The van der Waals surface area contributed by atoms with Gasteiger partial charge in [0, 0.05) is 23.9 Å². The summed E-state index contributed by atoms with van der Waals surface area (Å²) < 4.78 is 0. The van der Waals surface area contributed by atoms with Crippen LogP contribution in [0.5, 0.6) is 0 Å². The van der Waals surface area contributed by atoms with Gasteiger partial charge in [-0.2, -0.15) is 0 Å². The van der Waals surface area contributed by atoms with E-state index in [4.69, 9.17) is 4.98 Å². The van der Waals surface area contributed by atoms with Gasteiger partial charge in [0.15, 0.2) is 0 Å². The van der Waals surface area contributed by atoms with Crippen molar-refractivity contribution in [3.05, 3.63) is 29.6 Å². The molecule has 0 spiro atoms. The van der Waals surface area contributed by atoms with E-state index in [1.165, 1.54) is 62.7 Å². The Bertz CT molecular complexity index is 415. The highest BCUT2D eigenvalue weighted by Gasteiger charge is 2.36. The zero-order valence-corrected chi connectivity index (χ0v) is 12.1. The molecule has 2 heteroatoms. The number of hydrogen-bond acceptors (Lipinski definition) is 2. The maximum atomic E-state index is 4.70. The Morgan fingerprint density at radius 3 is 3.05 bits per heavy atom. The molecule has 0 aliphatic heterocycles. The van der Waals surface area contributed by atoms with Gasteiger partial charge in [-0.15, -0.1) is 0 Å². The standard InChI is InChI=1S/C17H26N2/c1-2-11-18-16-8-4-3-7-14(16)15-10-9-13-6-5-12-19-17(13)15/h5-6,12,14-16,18H,2-4,7-11H2,1H3. The molecule has 19 heavy (non-hydrogen) atoms. The first kappa shape index (κ1) is 13.1. The molecule has 3 unspecified atom stereocenters. The predicted octanol–water partition coefficient (Wildman–Crippen LogP) is 3.67. The number of pyridine rings is 1. The van der Waals surface area contributed by atoms with Crippen LogP contribution in [0.3, 0.4) is 0 Å². The number of aromatic nitrogens is 1. The molecule has 1 N–H and O–H groups in total. The Morgan fingerprint density at radius 1 is 1.26 bits per heavy atom. The Kier molecular flexibility index (Phi) is 4.17. The van der Waals surface area contributed by atoms with Gasteiger partial charge in [0.1, 0.15) is 0 Å². The fraction of sp³-hybridized carbons (Fsp3) is 0.706. The van der Waals surface area contributed by atoms with E-state index in [-0.39, 0.29) is 0 Å². The van der Waals surface area contributed by atoms with E-state index in [2.05, 4.69) is 24.4 Å². The van der Waals surface area contributed by atoms with E-state index < -0.39 is 0 Å². The molecule has 3 atom stereocenters. The van der Waals surface area contributed by atoms with E-state index in [1.807, 2.05) is 6.20 Å². The van der Waals surface area contributed by atoms with Crippen molar-refractivity contribution in [2.75, 3.05) is 6.54 Å². The monoisotopic (exact) mass is 258 g/mol. The zero-order chi connectivity index (χ0) is 13.1. The van der Waals surface area contributed by atoms with E-state index in [1.54, 1.807) is 0 Å². The summed E-state index contributed by atoms with van der Waals surface area (Å²) in [5.41, 5.74) is 2.92. The van der Waals surface area contributed by atoms with Gasteiger partial charge in [-0.05, 0) is 56.2 Å². The molecule has 0 saturated heterocycles. The van der Waals surface area contributed by atoms with Gasteiger partial charge >= 0.3 is 0 Å². The number of fused-ring (bicyclic) bond motifs is 1. The summed E-state index contributed by atoms with van der Waals surface area (Å²) in [4.78, 5) is 4.70. The van der Waals surface area contributed by atoms with E-state index in [0.717, 1.165) is 12.0 Å². The second-order valence-corrected chi connectivity index (χ2v) is 6.20. The first-order valence-electron chi connectivity index (χ1n) is 8.07. The number of hydrogen-bond donors (Lipinski definition) is 1. The molecule has 0 bridgehead atoms. The molecule has 2 aliphatic carbocycles. The van der Waals surface area contributed by atoms with Crippen LogP contribution in [-0.4, -0.2) is 17.6 Å². The maximum Gasteiger partial charge on any atom is 0.0469 e. The smallest absolute Gasteiger partial charge is 0.0469 e. The molecule has 3 rings (SSSR count). The molecule has 0 amide bonds. The lowest BCUT2D eigenvalue weighted by Crippen LogP contribution is -2.41. The second kappa shape index (κ2) is 6.04. The minimum atomic E-state index is 0.714. The molecule has 0 aromatic carbocycles. The topological polar surface area (TPSA) is 24.9 Å². The van der Waals surface area contributed by atoms with Gasteiger partial charge in [0.25, 0.3) is 0 Å². The third kappa shape index (κ3) is 2.69. The van der Waals surface area contributed by atoms with Gasteiger partial charge in [-0.25, -0.2) is 0 Å². The van der Waals surface area contributed by atoms with E-state index >= 15 is 0 Å². The summed E-state index contributed by atoms with van der Waals surface area (Å²) in [6.45, 7) is 3.43. The van der Waals surface area contributed by atoms with Gasteiger partial charge < -0.3 is 5.32 Å². The minimum absolute atomic E-state index is 0.714. The van der Waals surface area contributed by atoms with Gasteiger partial charge in [-0.1, -0.05) is 25.8 Å². The van der Waals surface area contributed by atoms with Crippen LogP contribution in [-0.2, 0) is 6.42 Å². The molecule has 2 nitrogen and oxygen atoms in total. The first-order chi connectivity index (χ1) is 9.40. The largest absolute Gasteiger partial charge is 0.314 e. The van der Waals surface area contributed by atoms with Crippen LogP contribution < -0.4 is 5.32 Å². The molecule has 2 aliphatic rings. The summed E-state index contributed by atoms with van der Waals surface area (Å²) >= 11 is 0. The summed E-state index contributed by atoms with van der Waals surface area (Å²) in [5, 5.41) is 3.80. The predicted molar refractivity (Wildman–Crippen MR) is 79.3 cm³/mol. The summed E-state index contributed by atoms with van der Waals surface area (Å²) in [5.74, 6) is 1.53. The van der Waals surface area contributed by atoms with Crippen molar-refractivity contribution in [2.24, 2.45) is 5.92 Å². The quantitative estimate of drug-likeness (QED) is 0.891. The van der Waals surface area contributed by atoms with Gasteiger partial charge in [0.2, 0.25) is 0 Å². The molecule has 0 radical (unpaired) electrons. The van der Waals surface area contributed by atoms with Crippen LogP contribution in [0.4, 0.5) is 0 Å². The van der Waals surface area contributed by atoms with Crippen molar-refractivity contribution in [3.8, 4) is 0 Å². The normalized spacial score (nSPS) is 30.3. The summed E-state index contributed by atoms with van der Waals surface area (Å²) in [6, 6.07) is 5.10. The number of nitrogens with zero attached hydrogens (tertiary/aromatic N) is 1. The lowest BCUT2D eigenvalue weighted by molar-refractivity contribution is 0.223. The van der Waals surface area contributed by atoms with Crippen molar-refractivity contribution in [3.63, 3.8) is 0 Å². The highest BCUT2D eigenvalue weighted by molar-refractivity contribution is 5.29.